The number of para-hydroxylation sites is 1. The monoisotopic (exact) mass is 384 g/mol. The molecule has 1 atom stereocenters. The van der Waals surface area contributed by atoms with Gasteiger partial charge in [-0.05, 0) is 52.4 Å². The van der Waals surface area contributed by atoms with Crippen molar-refractivity contribution in [1.82, 2.24) is 0 Å². The fourth-order valence-corrected chi connectivity index (χ4v) is 2.81. The van der Waals surface area contributed by atoms with Gasteiger partial charge < -0.3 is 9.52 Å². The first kappa shape index (κ1) is 13.0. The molecule has 1 unspecified atom stereocenters. The summed E-state index contributed by atoms with van der Waals surface area (Å²) in [4.78, 5) is 0. The van der Waals surface area contributed by atoms with E-state index >= 15 is 0 Å². The van der Waals surface area contributed by atoms with Crippen LogP contribution in [-0.4, -0.2) is 5.11 Å². The molecule has 2 aromatic carbocycles. The van der Waals surface area contributed by atoms with Crippen LogP contribution in [-0.2, 0) is 0 Å². The molecule has 3 rings (SSSR count). The van der Waals surface area contributed by atoms with Crippen molar-refractivity contribution in [1.29, 1.82) is 0 Å². The van der Waals surface area contributed by atoms with E-state index in [-0.39, 0.29) is 0 Å². The predicted octanol–water partition coefficient (Wildman–Crippen LogP) is 4.77. The summed E-state index contributed by atoms with van der Waals surface area (Å²) in [6.45, 7) is 0. The third kappa shape index (κ3) is 2.50. The summed E-state index contributed by atoms with van der Waals surface area (Å²) < 4.78 is 6.74. The van der Waals surface area contributed by atoms with Crippen LogP contribution in [0, 0.1) is 3.57 Å². The number of furan rings is 1. The first-order valence-electron chi connectivity index (χ1n) is 5.76. The Labute approximate surface area is 129 Å². The van der Waals surface area contributed by atoms with E-state index in [1.165, 1.54) is 0 Å². The van der Waals surface area contributed by atoms with Gasteiger partial charge in [-0.3, -0.25) is 0 Å². The molecule has 0 saturated carbocycles. The minimum absolute atomic E-state index is 0.505. The second kappa shape index (κ2) is 5.15. The Morgan fingerprint density at radius 3 is 2.63 bits per heavy atom. The Hall–Kier alpha value is -1.04. The van der Waals surface area contributed by atoms with Crippen molar-refractivity contribution in [3.63, 3.8) is 0 Å². The molecule has 0 saturated heterocycles. The summed E-state index contributed by atoms with van der Waals surface area (Å²) in [6.07, 6.45) is -0.779. The number of rotatable bonds is 2. The Balaban J connectivity index is 2.06. The lowest BCUT2D eigenvalue weighted by Crippen LogP contribution is -1.97. The van der Waals surface area contributed by atoms with E-state index in [0.29, 0.717) is 16.4 Å². The van der Waals surface area contributed by atoms with Crippen molar-refractivity contribution in [3.05, 3.63) is 68.4 Å². The molecular formula is C15H10ClIO2. The van der Waals surface area contributed by atoms with Gasteiger partial charge in [-0.25, -0.2) is 0 Å². The van der Waals surface area contributed by atoms with E-state index in [1.54, 1.807) is 6.07 Å². The van der Waals surface area contributed by atoms with Crippen LogP contribution in [0.4, 0.5) is 0 Å². The van der Waals surface area contributed by atoms with Gasteiger partial charge in [0.05, 0.1) is 5.02 Å². The van der Waals surface area contributed by atoms with Crippen LogP contribution in [0.15, 0.2) is 52.9 Å². The van der Waals surface area contributed by atoms with Gasteiger partial charge in [0.1, 0.15) is 11.9 Å². The first-order chi connectivity index (χ1) is 9.15. The number of halogens is 2. The highest BCUT2D eigenvalue weighted by Gasteiger charge is 2.16. The number of hydrogen-bond donors (Lipinski definition) is 1. The highest BCUT2D eigenvalue weighted by atomic mass is 127. The number of benzene rings is 2. The molecule has 0 aliphatic rings. The molecule has 1 aromatic heterocycles. The van der Waals surface area contributed by atoms with Crippen LogP contribution < -0.4 is 0 Å². The zero-order chi connectivity index (χ0) is 13.4. The zero-order valence-corrected chi connectivity index (χ0v) is 12.7. The van der Waals surface area contributed by atoms with E-state index in [1.807, 2.05) is 42.5 Å². The highest BCUT2D eigenvalue weighted by molar-refractivity contribution is 14.1. The molecule has 0 amide bonds. The van der Waals surface area contributed by atoms with Crippen molar-refractivity contribution in [2.45, 2.75) is 6.10 Å². The average Bonchev–Trinajstić information content (AvgIpc) is 2.83. The maximum atomic E-state index is 10.4. The largest absolute Gasteiger partial charge is 0.456 e. The molecule has 96 valence electrons. The maximum Gasteiger partial charge on any atom is 0.153 e. The third-order valence-corrected chi connectivity index (χ3v) is 3.92. The standard InChI is InChI=1S/C15H10ClIO2/c16-12-6-2-4-10-8-13(19-15(10)12)14(18)9-3-1-5-11(17)7-9/h1-8,14,18H. The van der Waals surface area contributed by atoms with E-state index < -0.39 is 6.10 Å². The van der Waals surface area contributed by atoms with Gasteiger partial charge in [0.2, 0.25) is 0 Å². The molecule has 0 spiro atoms. The quantitative estimate of drug-likeness (QED) is 0.646. The number of aliphatic hydroxyl groups is 1. The van der Waals surface area contributed by atoms with Crippen molar-refractivity contribution in [3.8, 4) is 0 Å². The summed E-state index contributed by atoms with van der Waals surface area (Å²) in [5, 5.41) is 11.8. The Morgan fingerprint density at radius 1 is 1.11 bits per heavy atom. The Kier molecular flexibility index (Phi) is 3.52. The Morgan fingerprint density at radius 2 is 1.89 bits per heavy atom. The molecular weight excluding hydrogens is 375 g/mol. The lowest BCUT2D eigenvalue weighted by molar-refractivity contribution is 0.192. The maximum absolute atomic E-state index is 10.4. The number of hydrogen-bond acceptors (Lipinski definition) is 2. The molecule has 0 aliphatic carbocycles. The topological polar surface area (TPSA) is 33.4 Å². The van der Waals surface area contributed by atoms with Crippen LogP contribution in [0.1, 0.15) is 17.4 Å². The van der Waals surface area contributed by atoms with E-state index in [0.717, 1.165) is 14.5 Å². The number of aliphatic hydroxyl groups excluding tert-OH is 1. The predicted molar refractivity (Wildman–Crippen MR) is 84.4 cm³/mol. The van der Waals surface area contributed by atoms with Gasteiger partial charge in [0.25, 0.3) is 0 Å². The van der Waals surface area contributed by atoms with Gasteiger partial charge in [-0.15, -0.1) is 0 Å². The van der Waals surface area contributed by atoms with Crippen LogP contribution in [0.2, 0.25) is 5.02 Å². The third-order valence-electron chi connectivity index (χ3n) is 2.95. The van der Waals surface area contributed by atoms with Crippen LogP contribution in [0.5, 0.6) is 0 Å². The molecule has 0 bridgehead atoms. The zero-order valence-electron chi connectivity index (χ0n) is 9.81. The van der Waals surface area contributed by atoms with E-state index in [4.69, 9.17) is 16.0 Å². The molecule has 1 N–H and O–H groups in total. The molecule has 0 radical (unpaired) electrons. The SMILES string of the molecule is OC(c1cccc(I)c1)c1cc2cccc(Cl)c2o1. The van der Waals surface area contributed by atoms with Crippen molar-refractivity contribution >= 4 is 45.2 Å². The second-order valence-electron chi connectivity index (χ2n) is 4.26. The number of fused-ring (bicyclic) bond motifs is 1. The van der Waals surface area contributed by atoms with Crippen LogP contribution in [0.25, 0.3) is 11.0 Å². The fraction of sp³-hybridized carbons (Fsp3) is 0.0667. The van der Waals surface area contributed by atoms with E-state index in [9.17, 15) is 5.11 Å². The van der Waals surface area contributed by atoms with Crippen LogP contribution in [0.3, 0.4) is 0 Å². The second-order valence-corrected chi connectivity index (χ2v) is 5.92. The summed E-state index contributed by atoms with van der Waals surface area (Å²) in [5.41, 5.74) is 1.42. The van der Waals surface area contributed by atoms with Gasteiger partial charge in [0.15, 0.2) is 5.58 Å². The van der Waals surface area contributed by atoms with Gasteiger partial charge in [-0.1, -0.05) is 35.9 Å². The van der Waals surface area contributed by atoms with Gasteiger partial charge >= 0.3 is 0 Å². The van der Waals surface area contributed by atoms with Gasteiger partial charge in [0, 0.05) is 8.96 Å². The normalized spacial score (nSPS) is 12.8. The fourth-order valence-electron chi connectivity index (χ4n) is 2.02. The molecule has 2 nitrogen and oxygen atoms in total. The van der Waals surface area contributed by atoms with Crippen LogP contribution >= 0.6 is 34.2 Å². The van der Waals surface area contributed by atoms with Crippen molar-refractivity contribution in [2.24, 2.45) is 0 Å². The van der Waals surface area contributed by atoms with E-state index in [2.05, 4.69) is 22.6 Å². The van der Waals surface area contributed by atoms with Crippen molar-refractivity contribution in [2.75, 3.05) is 0 Å². The first-order valence-corrected chi connectivity index (χ1v) is 7.22. The molecule has 0 aliphatic heterocycles. The average molecular weight is 385 g/mol. The molecule has 3 aromatic rings. The summed E-state index contributed by atoms with van der Waals surface area (Å²) >= 11 is 8.28. The summed E-state index contributed by atoms with van der Waals surface area (Å²) in [7, 11) is 0. The molecule has 4 heteroatoms. The lowest BCUT2D eigenvalue weighted by atomic mass is 10.1. The van der Waals surface area contributed by atoms with Crippen molar-refractivity contribution < 1.29 is 9.52 Å². The smallest absolute Gasteiger partial charge is 0.153 e. The minimum Gasteiger partial charge on any atom is -0.456 e. The minimum atomic E-state index is -0.779. The summed E-state index contributed by atoms with van der Waals surface area (Å²) in [6, 6.07) is 15.1. The lowest BCUT2D eigenvalue weighted by Gasteiger charge is -2.08. The molecule has 1 heterocycles. The Bertz CT molecular complexity index is 736. The summed E-state index contributed by atoms with van der Waals surface area (Å²) in [5.74, 6) is 0.505. The molecule has 19 heavy (non-hydrogen) atoms. The highest BCUT2D eigenvalue weighted by Crippen LogP contribution is 2.32. The molecule has 0 fully saturated rings. The van der Waals surface area contributed by atoms with Gasteiger partial charge in [-0.2, -0.15) is 0 Å².